The van der Waals surface area contributed by atoms with Crippen molar-refractivity contribution in [1.82, 2.24) is 0 Å². The lowest BCUT2D eigenvalue weighted by Gasteiger charge is -2.02. The lowest BCUT2D eigenvalue weighted by Crippen LogP contribution is -1.98. The van der Waals surface area contributed by atoms with Gasteiger partial charge in [0.1, 0.15) is 0 Å². The average Bonchev–Trinajstić information content (AvgIpc) is 1.83. The highest BCUT2D eigenvalue weighted by molar-refractivity contribution is 4.77. The first-order valence-corrected chi connectivity index (χ1v) is 3.05. The monoisotopic (exact) mass is 113 g/mol. The summed E-state index contributed by atoms with van der Waals surface area (Å²) in [6.45, 7) is 5.62. The molecule has 1 atom stereocenters. The standard InChI is InChI=1S/C7H13O/c1-3-5-7(4-2)6-8/h4,7H,2-3,5-6H2,1H3. The molecule has 0 aromatic carbocycles. The quantitative estimate of drug-likeness (QED) is 0.497. The summed E-state index contributed by atoms with van der Waals surface area (Å²) in [4.78, 5) is 0. The average molecular weight is 113 g/mol. The van der Waals surface area contributed by atoms with Crippen molar-refractivity contribution >= 4 is 0 Å². The minimum atomic E-state index is -0.00264. The topological polar surface area (TPSA) is 19.9 Å². The van der Waals surface area contributed by atoms with Crippen LogP contribution in [0.4, 0.5) is 0 Å². The number of hydrogen-bond acceptors (Lipinski definition) is 0. The van der Waals surface area contributed by atoms with Crippen LogP contribution < -0.4 is 0 Å². The predicted octanol–water partition coefficient (Wildman–Crippen LogP) is 2.02. The largest absolute Gasteiger partial charge is 0.236 e. The van der Waals surface area contributed by atoms with Crippen molar-refractivity contribution in [2.24, 2.45) is 5.92 Å². The predicted molar refractivity (Wildman–Crippen MR) is 34.1 cm³/mol. The van der Waals surface area contributed by atoms with Gasteiger partial charge in [-0.3, -0.25) is 0 Å². The van der Waals surface area contributed by atoms with Crippen molar-refractivity contribution in [3.05, 3.63) is 12.7 Å². The molecule has 0 saturated heterocycles. The minimum Gasteiger partial charge on any atom is -0.236 e. The Morgan fingerprint density at radius 3 is 2.50 bits per heavy atom. The van der Waals surface area contributed by atoms with E-state index in [1.165, 1.54) is 0 Å². The molecule has 0 heterocycles. The SMILES string of the molecule is C=CC(C[O])CCC. The molecule has 0 rings (SSSR count). The summed E-state index contributed by atoms with van der Waals surface area (Å²) in [6.07, 6.45) is 3.82. The maximum absolute atomic E-state index is 10.2. The Morgan fingerprint density at radius 2 is 2.38 bits per heavy atom. The van der Waals surface area contributed by atoms with Gasteiger partial charge in [0.2, 0.25) is 0 Å². The Balaban J connectivity index is 3.21. The van der Waals surface area contributed by atoms with Gasteiger partial charge < -0.3 is 0 Å². The van der Waals surface area contributed by atoms with Gasteiger partial charge in [-0.15, -0.1) is 6.58 Å². The summed E-state index contributed by atoms with van der Waals surface area (Å²) in [5.41, 5.74) is 0. The molecule has 8 heavy (non-hydrogen) atoms. The third-order valence-corrected chi connectivity index (χ3v) is 1.21. The lowest BCUT2D eigenvalue weighted by molar-refractivity contribution is 0.158. The van der Waals surface area contributed by atoms with Gasteiger partial charge in [0.05, 0.1) is 6.61 Å². The molecule has 0 spiro atoms. The van der Waals surface area contributed by atoms with Gasteiger partial charge in [0.25, 0.3) is 0 Å². The van der Waals surface area contributed by atoms with Crippen molar-refractivity contribution in [3.8, 4) is 0 Å². The normalized spacial score (nSPS) is 13.2. The van der Waals surface area contributed by atoms with Gasteiger partial charge in [-0.25, -0.2) is 5.11 Å². The summed E-state index contributed by atoms with van der Waals surface area (Å²) >= 11 is 0. The highest BCUT2D eigenvalue weighted by atomic mass is 16.3. The Kier molecular flexibility index (Phi) is 4.67. The molecule has 47 valence electrons. The molecule has 0 bridgehead atoms. The van der Waals surface area contributed by atoms with Crippen molar-refractivity contribution in [2.45, 2.75) is 19.8 Å². The molecule has 0 aromatic rings. The van der Waals surface area contributed by atoms with E-state index >= 15 is 0 Å². The van der Waals surface area contributed by atoms with Crippen LogP contribution in [0, 0.1) is 5.92 Å². The Labute approximate surface area is 51.0 Å². The second kappa shape index (κ2) is 4.85. The van der Waals surface area contributed by atoms with Gasteiger partial charge in [-0.05, 0) is 6.42 Å². The van der Waals surface area contributed by atoms with E-state index in [9.17, 15) is 5.11 Å². The summed E-state index contributed by atoms with van der Waals surface area (Å²) in [5, 5.41) is 10.2. The zero-order valence-corrected chi connectivity index (χ0v) is 5.39. The highest BCUT2D eigenvalue weighted by Gasteiger charge is 1.98. The second-order valence-electron chi connectivity index (χ2n) is 1.95. The van der Waals surface area contributed by atoms with Gasteiger partial charge in [0, 0.05) is 5.92 Å². The van der Waals surface area contributed by atoms with E-state index in [-0.39, 0.29) is 12.5 Å². The molecule has 0 aliphatic carbocycles. The van der Waals surface area contributed by atoms with Crippen molar-refractivity contribution in [2.75, 3.05) is 6.61 Å². The van der Waals surface area contributed by atoms with Gasteiger partial charge in [-0.2, -0.15) is 0 Å². The van der Waals surface area contributed by atoms with E-state index in [0.717, 1.165) is 12.8 Å². The Morgan fingerprint density at radius 1 is 1.75 bits per heavy atom. The van der Waals surface area contributed by atoms with Gasteiger partial charge in [0.15, 0.2) is 0 Å². The van der Waals surface area contributed by atoms with Crippen molar-refractivity contribution < 1.29 is 5.11 Å². The van der Waals surface area contributed by atoms with Crippen LogP contribution in [0.5, 0.6) is 0 Å². The summed E-state index contributed by atoms with van der Waals surface area (Å²) in [5.74, 6) is 0.208. The molecule has 0 N–H and O–H groups in total. The van der Waals surface area contributed by atoms with Crippen LogP contribution in [-0.4, -0.2) is 6.61 Å². The molecule has 0 aliphatic rings. The van der Waals surface area contributed by atoms with E-state index in [1.807, 2.05) is 0 Å². The molecule has 0 fully saturated rings. The third kappa shape index (κ3) is 2.80. The summed E-state index contributed by atoms with van der Waals surface area (Å²) in [7, 11) is 0. The van der Waals surface area contributed by atoms with E-state index in [1.54, 1.807) is 6.08 Å². The molecule has 1 heteroatoms. The second-order valence-corrected chi connectivity index (χ2v) is 1.95. The summed E-state index contributed by atoms with van der Waals surface area (Å²) in [6, 6.07) is 0. The molecular weight excluding hydrogens is 100 g/mol. The van der Waals surface area contributed by atoms with E-state index in [2.05, 4.69) is 13.5 Å². The van der Waals surface area contributed by atoms with E-state index in [4.69, 9.17) is 0 Å². The minimum absolute atomic E-state index is 0.00264. The smallest absolute Gasteiger partial charge is 0.0884 e. The van der Waals surface area contributed by atoms with Crippen LogP contribution in [0.2, 0.25) is 0 Å². The number of hydrogen-bond donors (Lipinski definition) is 0. The molecule has 1 radical (unpaired) electrons. The molecular formula is C7H13O. The van der Waals surface area contributed by atoms with Gasteiger partial charge >= 0.3 is 0 Å². The van der Waals surface area contributed by atoms with E-state index < -0.39 is 0 Å². The lowest BCUT2D eigenvalue weighted by atomic mass is 10.1. The first kappa shape index (κ1) is 7.70. The van der Waals surface area contributed by atoms with Crippen LogP contribution >= 0.6 is 0 Å². The Hall–Kier alpha value is -0.300. The fourth-order valence-corrected chi connectivity index (χ4v) is 0.640. The number of rotatable bonds is 4. The van der Waals surface area contributed by atoms with Crippen molar-refractivity contribution in [3.63, 3.8) is 0 Å². The van der Waals surface area contributed by atoms with Crippen LogP contribution in [-0.2, 0) is 5.11 Å². The molecule has 0 amide bonds. The van der Waals surface area contributed by atoms with Crippen LogP contribution in [0.3, 0.4) is 0 Å². The molecule has 0 aromatic heterocycles. The molecule has 0 saturated carbocycles. The zero-order valence-electron chi connectivity index (χ0n) is 5.39. The molecule has 1 nitrogen and oxygen atoms in total. The molecule has 0 aliphatic heterocycles. The third-order valence-electron chi connectivity index (χ3n) is 1.21. The van der Waals surface area contributed by atoms with Crippen molar-refractivity contribution in [1.29, 1.82) is 0 Å². The fourth-order valence-electron chi connectivity index (χ4n) is 0.640. The highest BCUT2D eigenvalue weighted by Crippen LogP contribution is 2.04. The van der Waals surface area contributed by atoms with Gasteiger partial charge in [-0.1, -0.05) is 19.4 Å². The first-order valence-electron chi connectivity index (χ1n) is 3.05. The summed E-state index contributed by atoms with van der Waals surface area (Å²) < 4.78 is 0. The van der Waals surface area contributed by atoms with E-state index in [0.29, 0.717) is 0 Å². The van der Waals surface area contributed by atoms with Crippen LogP contribution in [0.25, 0.3) is 0 Å². The maximum Gasteiger partial charge on any atom is 0.0884 e. The van der Waals surface area contributed by atoms with Crippen LogP contribution in [0.15, 0.2) is 12.7 Å². The molecule has 1 unspecified atom stereocenters. The Bertz CT molecular complexity index is 59.4. The fraction of sp³-hybridized carbons (Fsp3) is 0.714. The van der Waals surface area contributed by atoms with Crippen LogP contribution in [0.1, 0.15) is 19.8 Å². The zero-order chi connectivity index (χ0) is 6.41. The first-order chi connectivity index (χ1) is 3.85. The maximum atomic E-state index is 10.2.